The standard InChI is InChI=1S/C25H27NO2/c1-3-25(28-2,23-12-8-5-9-13-23)19-26-24(27)18-20-14-16-22(17-15-20)21-10-6-4-7-11-21/h4-17H,3,18-19H2,1-2H3,(H,26,27). The normalized spacial score (nSPS) is 12.9. The van der Waals surface area contributed by atoms with E-state index in [0.717, 1.165) is 23.1 Å². The molecule has 28 heavy (non-hydrogen) atoms. The summed E-state index contributed by atoms with van der Waals surface area (Å²) in [5.41, 5.74) is 3.89. The highest BCUT2D eigenvalue weighted by molar-refractivity contribution is 5.79. The number of carbonyl (C=O) groups is 1. The van der Waals surface area contributed by atoms with Gasteiger partial charge in [-0.2, -0.15) is 0 Å². The molecule has 0 aliphatic rings. The summed E-state index contributed by atoms with van der Waals surface area (Å²) in [7, 11) is 1.70. The van der Waals surface area contributed by atoms with Crippen LogP contribution in [0.15, 0.2) is 84.9 Å². The molecular formula is C25H27NO2. The van der Waals surface area contributed by atoms with E-state index in [9.17, 15) is 4.79 Å². The summed E-state index contributed by atoms with van der Waals surface area (Å²) in [6.07, 6.45) is 1.13. The SMILES string of the molecule is CCC(CNC(=O)Cc1ccc(-c2ccccc2)cc1)(OC)c1ccccc1. The molecule has 0 saturated heterocycles. The van der Waals surface area contributed by atoms with Crippen molar-refractivity contribution in [2.45, 2.75) is 25.4 Å². The minimum absolute atomic E-state index is 0.00160. The van der Waals surface area contributed by atoms with Crippen molar-refractivity contribution in [3.05, 3.63) is 96.1 Å². The molecular weight excluding hydrogens is 346 g/mol. The van der Waals surface area contributed by atoms with E-state index >= 15 is 0 Å². The third-order valence-electron chi connectivity index (χ3n) is 5.26. The Kier molecular flexibility index (Phi) is 6.62. The summed E-state index contributed by atoms with van der Waals surface area (Å²) >= 11 is 0. The summed E-state index contributed by atoms with van der Waals surface area (Å²) in [6.45, 7) is 2.52. The van der Waals surface area contributed by atoms with E-state index in [1.54, 1.807) is 7.11 Å². The van der Waals surface area contributed by atoms with Crippen molar-refractivity contribution in [3.8, 4) is 11.1 Å². The van der Waals surface area contributed by atoms with E-state index < -0.39 is 5.60 Å². The molecule has 1 atom stereocenters. The Hall–Kier alpha value is -2.91. The van der Waals surface area contributed by atoms with Crippen LogP contribution >= 0.6 is 0 Å². The van der Waals surface area contributed by atoms with Crippen molar-refractivity contribution >= 4 is 5.91 Å². The number of ether oxygens (including phenoxy) is 1. The van der Waals surface area contributed by atoms with E-state index in [1.165, 1.54) is 5.56 Å². The van der Waals surface area contributed by atoms with Gasteiger partial charge in [-0.3, -0.25) is 4.79 Å². The molecule has 0 aliphatic heterocycles. The average molecular weight is 373 g/mol. The Balaban J connectivity index is 1.62. The molecule has 0 radical (unpaired) electrons. The highest BCUT2D eigenvalue weighted by Gasteiger charge is 2.30. The van der Waals surface area contributed by atoms with Crippen molar-refractivity contribution in [1.82, 2.24) is 5.32 Å². The molecule has 3 aromatic rings. The summed E-state index contributed by atoms with van der Waals surface area (Å²) in [5, 5.41) is 3.05. The van der Waals surface area contributed by atoms with E-state index in [-0.39, 0.29) is 5.91 Å². The van der Waals surface area contributed by atoms with Gasteiger partial charge < -0.3 is 10.1 Å². The number of amides is 1. The van der Waals surface area contributed by atoms with Gasteiger partial charge in [0.1, 0.15) is 5.60 Å². The molecule has 3 rings (SSSR count). The quantitative estimate of drug-likeness (QED) is 0.606. The first kappa shape index (κ1) is 19.8. The van der Waals surface area contributed by atoms with Crippen LogP contribution in [-0.2, 0) is 21.6 Å². The Morgan fingerprint density at radius 1 is 0.857 bits per heavy atom. The molecule has 1 amide bonds. The van der Waals surface area contributed by atoms with Gasteiger partial charge >= 0.3 is 0 Å². The summed E-state index contributed by atoms with van der Waals surface area (Å²) < 4.78 is 5.82. The zero-order valence-corrected chi connectivity index (χ0v) is 16.5. The number of hydrogen-bond acceptors (Lipinski definition) is 2. The lowest BCUT2D eigenvalue weighted by molar-refractivity contribution is -0.122. The van der Waals surface area contributed by atoms with Crippen LogP contribution in [0.3, 0.4) is 0 Å². The lowest BCUT2D eigenvalue weighted by atomic mass is 9.90. The summed E-state index contributed by atoms with van der Waals surface area (Å²) in [4.78, 5) is 12.5. The van der Waals surface area contributed by atoms with E-state index in [1.807, 2.05) is 60.7 Å². The third kappa shape index (κ3) is 4.68. The first-order valence-corrected chi connectivity index (χ1v) is 9.68. The van der Waals surface area contributed by atoms with Crippen molar-refractivity contribution < 1.29 is 9.53 Å². The maximum atomic E-state index is 12.5. The highest BCUT2D eigenvalue weighted by Crippen LogP contribution is 2.28. The van der Waals surface area contributed by atoms with Crippen LogP contribution in [0.1, 0.15) is 24.5 Å². The van der Waals surface area contributed by atoms with E-state index in [0.29, 0.717) is 13.0 Å². The molecule has 3 heteroatoms. The van der Waals surface area contributed by atoms with Crippen molar-refractivity contribution in [3.63, 3.8) is 0 Å². The lowest BCUT2D eigenvalue weighted by Crippen LogP contribution is -2.42. The molecule has 3 nitrogen and oxygen atoms in total. The predicted octanol–water partition coefficient (Wildman–Crippen LogP) is 4.96. The van der Waals surface area contributed by atoms with Gasteiger partial charge in [0, 0.05) is 7.11 Å². The van der Waals surface area contributed by atoms with Crippen molar-refractivity contribution in [2.75, 3.05) is 13.7 Å². The van der Waals surface area contributed by atoms with Gasteiger partial charge in [-0.25, -0.2) is 0 Å². The first-order valence-electron chi connectivity index (χ1n) is 9.68. The van der Waals surface area contributed by atoms with Crippen LogP contribution in [0.4, 0.5) is 0 Å². The minimum Gasteiger partial charge on any atom is -0.372 e. The van der Waals surface area contributed by atoms with Crippen LogP contribution in [-0.4, -0.2) is 19.6 Å². The zero-order chi connectivity index (χ0) is 19.8. The van der Waals surface area contributed by atoms with Crippen LogP contribution in [0.2, 0.25) is 0 Å². The van der Waals surface area contributed by atoms with Crippen LogP contribution < -0.4 is 5.32 Å². The largest absolute Gasteiger partial charge is 0.372 e. The third-order valence-corrected chi connectivity index (χ3v) is 5.26. The molecule has 1 N–H and O–H groups in total. The van der Waals surface area contributed by atoms with Crippen molar-refractivity contribution in [1.29, 1.82) is 0 Å². The molecule has 0 heterocycles. The van der Waals surface area contributed by atoms with E-state index in [2.05, 4.69) is 36.5 Å². The fraction of sp³-hybridized carbons (Fsp3) is 0.240. The molecule has 0 aromatic heterocycles. The maximum Gasteiger partial charge on any atom is 0.224 e. The Labute approximate surface area is 167 Å². The molecule has 144 valence electrons. The number of benzene rings is 3. The molecule has 3 aromatic carbocycles. The zero-order valence-electron chi connectivity index (χ0n) is 16.5. The van der Waals surface area contributed by atoms with Gasteiger partial charge in [-0.15, -0.1) is 0 Å². The average Bonchev–Trinajstić information content (AvgIpc) is 2.77. The monoisotopic (exact) mass is 373 g/mol. The number of nitrogens with one attached hydrogen (secondary N) is 1. The van der Waals surface area contributed by atoms with Crippen LogP contribution in [0.25, 0.3) is 11.1 Å². The molecule has 0 aliphatic carbocycles. The van der Waals surface area contributed by atoms with Crippen LogP contribution in [0.5, 0.6) is 0 Å². The smallest absolute Gasteiger partial charge is 0.224 e. The van der Waals surface area contributed by atoms with Gasteiger partial charge in [-0.05, 0) is 28.7 Å². The van der Waals surface area contributed by atoms with Crippen LogP contribution in [0, 0.1) is 0 Å². The predicted molar refractivity (Wildman–Crippen MR) is 114 cm³/mol. The second kappa shape index (κ2) is 9.34. The fourth-order valence-corrected chi connectivity index (χ4v) is 3.44. The highest BCUT2D eigenvalue weighted by atomic mass is 16.5. The van der Waals surface area contributed by atoms with Crippen molar-refractivity contribution in [2.24, 2.45) is 0 Å². The Bertz CT molecular complexity index is 869. The number of rotatable bonds is 8. The van der Waals surface area contributed by atoms with E-state index in [4.69, 9.17) is 4.74 Å². The maximum absolute atomic E-state index is 12.5. The Morgan fingerprint density at radius 2 is 1.43 bits per heavy atom. The number of methoxy groups -OCH3 is 1. The fourth-order valence-electron chi connectivity index (χ4n) is 3.44. The lowest BCUT2D eigenvalue weighted by Gasteiger charge is -2.32. The molecule has 0 fully saturated rings. The topological polar surface area (TPSA) is 38.3 Å². The first-order chi connectivity index (χ1) is 13.7. The minimum atomic E-state index is -0.506. The molecule has 0 saturated carbocycles. The second-order valence-electron chi connectivity index (χ2n) is 6.93. The second-order valence-corrected chi connectivity index (χ2v) is 6.93. The number of hydrogen-bond donors (Lipinski definition) is 1. The van der Waals surface area contributed by atoms with Gasteiger partial charge in [-0.1, -0.05) is 91.9 Å². The van der Waals surface area contributed by atoms with Gasteiger partial charge in [0.05, 0.1) is 13.0 Å². The molecule has 0 bridgehead atoms. The van der Waals surface area contributed by atoms with Gasteiger partial charge in [0.15, 0.2) is 0 Å². The Morgan fingerprint density at radius 3 is 2.00 bits per heavy atom. The number of carbonyl (C=O) groups excluding carboxylic acids is 1. The summed E-state index contributed by atoms with van der Waals surface area (Å²) in [5.74, 6) is -0.00160. The molecule has 1 unspecified atom stereocenters. The molecule has 0 spiro atoms. The van der Waals surface area contributed by atoms with Gasteiger partial charge in [0.25, 0.3) is 0 Å². The van der Waals surface area contributed by atoms with Gasteiger partial charge in [0.2, 0.25) is 5.91 Å². The summed E-state index contributed by atoms with van der Waals surface area (Å²) in [6, 6.07) is 28.4.